The average molecular weight is 453 g/mol. The molecule has 31 heavy (non-hydrogen) atoms. The summed E-state index contributed by atoms with van der Waals surface area (Å²) in [4.78, 5) is 5.32. The standard InChI is InChI=1S/C22H32N2O6S/c1-4-21(3,25)22(29-18-7-5-13-23-15-18,28-16-19-8-6-14-24-30-19)31(26,27)20-11-9-17(2)10-12-20/h6,8-12,14,18,23-25H,4-5,7,13,15-16H2,1-3H3. The highest BCUT2D eigenvalue weighted by molar-refractivity contribution is 7.92. The second-order valence-electron chi connectivity index (χ2n) is 8.09. The summed E-state index contributed by atoms with van der Waals surface area (Å²) < 4.78 is 40.2. The number of sulfone groups is 1. The third-order valence-corrected chi connectivity index (χ3v) is 7.90. The SMILES string of the molecule is CCC(C)(O)C(OCC1=CC=CNO1)(OC1CCCNC1)S(=O)(=O)c1ccc(C)cc1. The maximum absolute atomic E-state index is 14.0. The molecule has 3 N–H and O–H groups in total. The molecule has 0 bridgehead atoms. The van der Waals surface area contributed by atoms with Crippen LogP contribution in [0.25, 0.3) is 0 Å². The van der Waals surface area contributed by atoms with E-state index < -0.39 is 26.7 Å². The van der Waals surface area contributed by atoms with Crippen molar-refractivity contribution >= 4 is 9.84 Å². The van der Waals surface area contributed by atoms with E-state index in [-0.39, 0.29) is 17.9 Å². The first-order chi connectivity index (χ1) is 14.7. The zero-order valence-electron chi connectivity index (χ0n) is 18.3. The quantitative estimate of drug-likeness (QED) is 0.490. The summed E-state index contributed by atoms with van der Waals surface area (Å²) >= 11 is 0. The Morgan fingerprint density at radius 2 is 2.03 bits per heavy atom. The second-order valence-corrected chi connectivity index (χ2v) is 10.1. The Balaban J connectivity index is 2.08. The summed E-state index contributed by atoms with van der Waals surface area (Å²) in [6, 6.07) is 6.44. The topological polar surface area (TPSA) is 106 Å². The molecular formula is C22H32N2O6S. The van der Waals surface area contributed by atoms with Crippen molar-refractivity contribution in [3.8, 4) is 0 Å². The van der Waals surface area contributed by atoms with E-state index in [9.17, 15) is 13.5 Å². The highest BCUT2D eigenvalue weighted by atomic mass is 32.2. The highest BCUT2D eigenvalue weighted by Crippen LogP contribution is 2.42. The fraction of sp³-hybridized carbons (Fsp3) is 0.545. The van der Waals surface area contributed by atoms with E-state index in [1.165, 1.54) is 19.1 Å². The van der Waals surface area contributed by atoms with Crippen LogP contribution in [-0.2, 0) is 24.1 Å². The lowest BCUT2D eigenvalue weighted by Crippen LogP contribution is -2.63. The summed E-state index contributed by atoms with van der Waals surface area (Å²) in [7, 11) is -4.29. The number of rotatable bonds is 9. The van der Waals surface area contributed by atoms with Gasteiger partial charge in [0.1, 0.15) is 12.2 Å². The van der Waals surface area contributed by atoms with Gasteiger partial charge in [-0.1, -0.05) is 24.6 Å². The molecule has 9 heteroatoms. The van der Waals surface area contributed by atoms with Gasteiger partial charge >= 0.3 is 5.12 Å². The van der Waals surface area contributed by atoms with Crippen LogP contribution in [0.5, 0.6) is 0 Å². The number of hydroxylamine groups is 1. The van der Waals surface area contributed by atoms with Gasteiger partial charge in [-0.25, -0.2) is 13.9 Å². The van der Waals surface area contributed by atoms with Gasteiger partial charge in [-0.05, 0) is 63.9 Å². The first-order valence-electron chi connectivity index (χ1n) is 10.6. The number of benzene rings is 1. The van der Waals surface area contributed by atoms with Crippen molar-refractivity contribution in [1.82, 2.24) is 10.8 Å². The zero-order chi connectivity index (χ0) is 22.5. The van der Waals surface area contributed by atoms with Gasteiger partial charge in [0.25, 0.3) is 0 Å². The minimum Gasteiger partial charge on any atom is -0.385 e. The Hall–Kier alpha value is -1.91. The number of hydrogen-bond donors (Lipinski definition) is 3. The number of hydrogen-bond acceptors (Lipinski definition) is 8. The van der Waals surface area contributed by atoms with Crippen LogP contribution in [0, 0.1) is 6.92 Å². The van der Waals surface area contributed by atoms with E-state index >= 15 is 0 Å². The lowest BCUT2D eigenvalue weighted by molar-refractivity contribution is -0.282. The average Bonchev–Trinajstić information content (AvgIpc) is 2.78. The number of allylic oxidation sites excluding steroid dienone is 2. The monoisotopic (exact) mass is 452 g/mol. The first-order valence-corrected chi connectivity index (χ1v) is 12.0. The van der Waals surface area contributed by atoms with Gasteiger partial charge in [0.15, 0.2) is 5.76 Å². The molecule has 172 valence electrons. The fourth-order valence-corrected chi connectivity index (χ4v) is 5.56. The maximum Gasteiger partial charge on any atom is 0.308 e. The lowest BCUT2D eigenvalue weighted by Gasteiger charge is -2.45. The van der Waals surface area contributed by atoms with Crippen LogP contribution in [0.4, 0.5) is 0 Å². The Bertz CT molecular complexity index is 904. The van der Waals surface area contributed by atoms with Crippen molar-refractivity contribution in [1.29, 1.82) is 0 Å². The molecule has 3 unspecified atom stereocenters. The maximum atomic E-state index is 14.0. The molecule has 2 heterocycles. The molecule has 1 fully saturated rings. The Labute approximate surface area is 184 Å². The minimum absolute atomic E-state index is 0.0205. The zero-order valence-corrected chi connectivity index (χ0v) is 19.1. The predicted octanol–water partition coefficient (Wildman–Crippen LogP) is 2.30. The van der Waals surface area contributed by atoms with Gasteiger partial charge in [-0.3, -0.25) is 0 Å². The summed E-state index contributed by atoms with van der Waals surface area (Å²) in [5.74, 6) is 0.364. The normalized spacial score (nSPS) is 23.1. The Morgan fingerprint density at radius 1 is 1.29 bits per heavy atom. The van der Waals surface area contributed by atoms with E-state index in [4.69, 9.17) is 14.3 Å². The molecule has 3 rings (SSSR count). The number of nitrogens with one attached hydrogen (secondary N) is 2. The largest absolute Gasteiger partial charge is 0.385 e. The molecular weight excluding hydrogens is 420 g/mol. The van der Waals surface area contributed by atoms with Crippen molar-refractivity contribution < 1.29 is 27.8 Å². The van der Waals surface area contributed by atoms with E-state index in [0.717, 1.165) is 18.5 Å². The first kappa shape index (κ1) is 23.7. The molecule has 0 radical (unpaired) electrons. The van der Waals surface area contributed by atoms with Gasteiger partial charge in [-0.2, -0.15) is 0 Å². The Kier molecular flexibility index (Phi) is 7.43. The van der Waals surface area contributed by atoms with E-state index in [0.29, 0.717) is 18.7 Å². The number of aliphatic hydroxyl groups is 1. The van der Waals surface area contributed by atoms with Crippen LogP contribution < -0.4 is 10.8 Å². The van der Waals surface area contributed by atoms with Gasteiger partial charge in [0.2, 0.25) is 9.84 Å². The molecule has 2 aliphatic heterocycles. The third kappa shape index (κ3) is 4.96. The lowest BCUT2D eigenvalue weighted by atomic mass is 10.0. The molecule has 1 aromatic carbocycles. The van der Waals surface area contributed by atoms with E-state index in [2.05, 4.69) is 10.8 Å². The molecule has 0 aliphatic carbocycles. The third-order valence-electron chi connectivity index (χ3n) is 5.65. The van der Waals surface area contributed by atoms with Gasteiger partial charge in [-0.15, -0.1) is 0 Å². The van der Waals surface area contributed by atoms with Crippen LogP contribution in [0.1, 0.15) is 38.7 Å². The molecule has 3 atom stereocenters. The molecule has 0 saturated carbocycles. The molecule has 1 aromatic rings. The van der Waals surface area contributed by atoms with Crippen LogP contribution in [0.15, 0.2) is 53.3 Å². The van der Waals surface area contributed by atoms with Gasteiger partial charge in [0, 0.05) is 12.7 Å². The Morgan fingerprint density at radius 3 is 2.61 bits per heavy atom. The number of aryl methyl sites for hydroxylation is 1. The summed E-state index contributed by atoms with van der Waals surface area (Å²) in [6.07, 6.45) is 6.10. The molecule has 0 aromatic heterocycles. The van der Waals surface area contributed by atoms with Crippen LogP contribution in [-0.4, -0.2) is 50.0 Å². The molecule has 2 aliphatic rings. The van der Waals surface area contributed by atoms with Gasteiger partial charge in [0.05, 0.1) is 11.0 Å². The smallest absolute Gasteiger partial charge is 0.308 e. The number of piperidine rings is 1. The predicted molar refractivity (Wildman–Crippen MR) is 116 cm³/mol. The van der Waals surface area contributed by atoms with Crippen molar-refractivity contribution in [3.63, 3.8) is 0 Å². The molecule has 8 nitrogen and oxygen atoms in total. The molecule has 0 spiro atoms. The van der Waals surface area contributed by atoms with E-state index in [1.807, 2.05) is 6.92 Å². The highest BCUT2D eigenvalue weighted by Gasteiger charge is 2.61. The number of ether oxygens (including phenoxy) is 2. The molecule has 0 amide bonds. The van der Waals surface area contributed by atoms with Crippen LogP contribution in [0.2, 0.25) is 0 Å². The van der Waals surface area contributed by atoms with Crippen molar-refractivity contribution in [2.75, 3.05) is 19.7 Å². The fourth-order valence-electron chi connectivity index (χ4n) is 3.56. The summed E-state index contributed by atoms with van der Waals surface area (Å²) in [6.45, 7) is 6.10. The van der Waals surface area contributed by atoms with Crippen LogP contribution >= 0.6 is 0 Å². The van der Waals surface area contributed by atoms with E-state index in [1.54, 1.807) is 37.4 Å². The van der Waals surface area contributed by atoms with Gasteiger partial charge < -0.3 is 24.7 Å². The molecule has 1 saturated heterocycles. The summed E-state index contributed by atoms with van der Waals surface area (Å²) in [5, 5.41) is 12.3. The van der Waals surface area contributed by atoms with Crippen molar-refractivity contribution in [2.24, 2.45) is 0 Å². The minimum atomic E-state index is -4.29. The van der Waals surface area contributed by atoms with Crippen molar-refractivity contribution in [3.05, 3.63) is 53.9 Å². The summed E-state index contributed by atoms with van der Waals surface area (Å²) in [5.41, 5.74) is 1.67. The van der Waals surface area contributed by atoms with Crippen molar-refractivity contribution in [2.45, 2.75) is 61.8 Å². The van der Waals surface area contributed by atoms with Crippen LogP contribution in [0.3, 0.4) is 0 Å². The second kappa shape index (κ2) is 9.70.